The normalized spacial score (nSPS) is 11.6. The van der Waals surface area contributed by atoms with Gasteiger partial charge >= 0.3 is 5.97 Å². The molecule has 0 aliphatic heterocycles. The Balaban J connectivity index is 2.96. The van der Waals surface area contributed by atoms with Crippen molar-refractivity contribution in [2.24, 2.45) is 5.92 Å². The summed E-state index contributed by atoms with van der Waals surface area (Å²) in [4.78, 5) is 11.5. The fourth-order valence-electron chi connectivity index (χ4n) is 1.83. The lowest BCUT2D eigenvalue weighted by Gasteiger charge is -2.11. The van der Waals surface area contributed by atoms with E-state index in [1.807, 2.05) is 0 Å². The maximum Gasteiger partial charge on any atom is 0.339 e. The zero-order chi connectivity index (χ0) is 16.0. The van der Waals surface area contributed by atoms with Crippen LogP contribution in [0.15, 0.2) is 23.1 Å². The summed E-state index contributed by atoms with van der Waals surface area (Å²) in [5.74, 6) is -0.204. The van der Waals surface area contributed by atoms with Crippen LogP contribution >= 0.6 is 0 Å². The number of methoxy groups -OCH3 is 1. The van der Waals surface area contributed by atoms with E-state index in [4.69, 9.17) is 5.73 Å². The van der Waals surface area contributed by atoms with Crippen molar-refractivity contribution in [1.82, 2.24) is 4.72 Å². The van der Waals surface area contributed by atoms with Crippen molar-refractivity contribution in [3.05, 3.63) is 23.8 Å². The van der Waals surface area contributed by atoms with Crippen molar-refractivity contribution in [2.45, 2.75) is 31.6 Å². The number of rotatable bonds is 7. The summed E-state index contributed by atoms with van der Waals surface area (Å²) in [6.07, 6.45) is 1.65. The van der Waals surface area contributed by atoms with Gasteiger partial charge in [0.25, 0.3) is 0 Å². The number of esters is 1. The number of nitrogen functional groups attached to an aromatic ring is 1. The van der Waals surface area contributed by atoms with E-state index in [1.165, 1.54) is 25.3 Å². The van der Waals surface area contributed by atoms with Gasteiger partial charge in [-0.1, -0.05) is 13.8 Å². The molecule has 0 aromatic heterocycles. The molecule has 0 unspecified atom stereocenters. The summed E-state index contributed by atoms with van der Waals surface area (Å²) >= 11 is 0. The first-order chi connectivity index (χ1) is 9.77. The van der Waals surface area contributed by atoms with Gasteiger partial charge in [0.15, 0.2) is 0 Å². The number of ether oxygens (including phenoxy) is 1. The van der Waals surface area contributed by atoms with Crippen molar-refractivity contribution in [2.75, 3.05) is 19.4 Å². The van der Waals surface area contributed by atoms with Gasteiger partial charge in [-0.2, -0.15) is 0 Å². The van der Waals surface area contributed by atoms with Gasteiger partial charge in [-0.25, -0.2) is 17.9 Å². The van der Waals surface area contributed by atoms with Gasteiger partial charge in [-0.05, 0) is 37.0 Å². The van der Waals surface area contributed by atoms with E-state index >= 15 is 0 Å². The second-order valence-corrected chi connectivity index (χ2v) is 6.92. The number of carbonyl (C=O) groups is 1. The highest BCUT2D eigenvalue weighted by Gasteiger charge is 2.23. The van der Waals surface area contributed by atoms with E-state index in [0.29, 0.717) is 12.5 Å². The van der Waals surface area contributed by atoms with Crippen LogP contribution in [0.5, 0.6) is 0 Å². The smallest absolute Gasteiger partial charge is 0.339 e. The van der Waals surface area contributed by atoms with Crippen molar-refractivity contribution in [3.63, 3.8) is 0 Å². The van der Waals surface area contributed by atoms with Crippen molar-refractivity contribution in [3.8, 4) is 0 Å². The molecule has 0 aliphatic rings. The van der Waals surface area contributed by atoms with Gasteiger partial charge in [0.05, 0.1) is 17.6 Å². The molecule has 0 aliphatic carbocycles. The summed E-state index contributed by atoms with van der Waals surface area (Å²) in [5.41, 5.74) is 5.86. The Morgan fingerprint density at radius 1 is 1.38 bits per heavy atom. The number of benzene rings is 1. The molecule has 0 radical (unpaired) electrons. The fourth-order valence-corrected chi connectivity index (χ4v) is 3.14. The molecule has 0 fully saturated rings. The van der Waals surface area contributed by atoms with E-state index in [1.54, 1.807) is 0 Å². The predicted octanol–water partition coefficient (Wildman–Crippen LogP) is 1.77. The van der Waals surface area contributed by atoms with Crippen molar-refractivity contribution in [1.29, 1.82) is 0 Å². The first-order valence-electron chi connectivity index (χ1n) is 6.75. The van der Waals surface area contributed by atoms with Gasteiger partial charge in [0, 0.05) is 12.2 Å². The number of carbonyl (C=O) groups excluding carboxylic acids is 1. The first kappa shape index (κ1) is 17.5. The van der Waals surface area contributed by atoms with Crippen LogP contribution in [0.3, 0.4) is 0 Å². The zero-order valence-corrected chi connectivity index (χ0v) is 13.4. The van der Waals surface area contributed by atoms with Gasteiger partial charge in [-0.15, -0.1) is 0 Å². The molecule has 21 heavy (non-hydrogen) atoms. The van der Waals surface area contributed by atoms with Crippen LogP contribution in [0, 0.1) is 5.92 Å². The van der Waals surface area contributed by atoms with E-state index in [0.717, 1.165) is 12.8 Å². The van der Waals surface area contributed by atoms with Gasteiger partial charge in [0.1, 0.15) is 0 Å². The molecule has 7 heteroatoms. The van der Waals surface area contributed by atoms with Crippen molar-refractivity contribution < 1.29 is 17.9 Å². The van der Waals surface area contributed by atoms with Crippen LogP contribution < -0.4 is 10.5 Å². The Morgan fingerprint density at radius 2 is 2.05 bits per heavy atom. The number of nitrogens with one attached hydrogen (secondary N) is 1. The molecular formula is C14H22N2O4S. The third-order valence-corrected chi connectivity index (χ3v) is 4.45. The lowest BCUT2D eigenvalue weighted by Crippen LogP contribution is -2.27. The molecular weight excluding hydrogens is 292 g/mol. The molecule has 6 nitrogen and oxygen atoms in total. The molecule has 0 saturated carbocycles. The minimum atomic E-state index is -3.80. The summed E-state index contributed by atoms with van der Waals surface area (Å²) in [6.45, 7) is 4.46. The lowest BCUT2D eigenvalue weighted by molar-refractivity contribution is 0.0596. The second-order valence-electron chi connectivity index (χ2n) is 5.18. The monoisotopic (exact) mass is 314 g/mol. The maximum atomic E-state index is 12.3. The van der Waals surface area contributed by atoms with Gasteiger partial charge in [0.2, 0.25) is 10.0 Å². The minimum Gasteiger partial charge on any atom is -0.465 e. The molecule has 0 atom stereocenters. The van der Waals surface area contributed by atoms with Gasteiger partial charge in [-0.3, -0.25) is 0 Å². The molecule has 0 saturated heterocycles. The molecule has 0 heterocycles. The van der Waals surface area contributed by atoms with Crippen LogP contribution in [-0.4, -0.2) is 28.0 Å². The summed E-state index contributed by atoms with van der Waals surface area (Å²) < 4.78 is 31.7. The zero-order valence-electron chi connectivity index (χ0n) is 12.5. The minimum absolute atomic E-state index is 0.0249. The Hall–Kier alpha value is -1.60. The molecule has 1 aromatic rings. The van der Waals surface area contributed by atoms with Crippen LogP contribution in [0.25, 0.3) is 0 Å². The third-order valence-electron chi connectivity index (χ3n) is 2.95. The Morgan fingerprint density at radius 3 is 2.62 bits per heavy atom. The van der Waals surface area contributed by atoms with Crippen LogP contribution in [0.1, 0.15) is 37.0 Å². The third kappa shape index (κ3) is 5.02. The quantitative estimate of drug-likeness (QED) is 0.454. The molecule has 118 valence electrons. The lowest BCUT2D eigenvalue weighted by atomic mass is 10.1. The van der Waals surface area contributed by atoms with E-state index in [9.17, 15) is 13.2 Å². The maximum absolute atomic E-state index is 12.3. The van der Waals surface area contributed by atoms with Crippen LogP contribution in [0.2, 0.25) is 0 Å². The molecule has 0 amide bonds. The Kier molecular flexibility index (Phi) is 6.17. The summed E-state index contributed by atoms with van der Waals surface area (Å²) in [7, 11) is -2.60. The van der Waals surface area contributed by atoms with Crippen LogP contribution in [0.4, 0.5) is 5.69 Å². The molecule has 1 aromatic carbocycles. The number of nitrogens with two attached hydrogens (primary N) is 1. The first-order valence-corrected chi connectivity index (χ1v) is 8.23. The summed E-state index contributed by atoms with van der Waals surface area (Å²) in [5, 5.41) is 0. The largest absolute Gasteiger partial charge is 0.465 e. The average molecular weight is 314 g/mol. The highest BCUT2D eigenvalue weighted by molar-refractivity contribution is 7.89. The SMILES string of the molecule is COC(=O)c1ccc(N)cc1S(=O)(=O)NCCCC(C)C. The summed E-state index contributed by atoms with van der Waals surface area (Å²) in [6, 6.07) is 4.07. The highest BCUT2D eigenvalue weighted by Crippen LogP contribution is 2.20. The predicted molar refractivity (Wildman–Crippen MR) is 81.5 cm³/mol. The highest BCUT2D eigenvalue weighted by atomic mass is 32.2. The molecule has 3 N–H and O–H groups in total. The topological polar surface area (TPSA) is 98.5 Å². The van der Waals surface area contributed by atoms with E-state index in [2.05, 4.69) is 23.3 Å². The molecule has 0 bridgehead atoms. The number of anilines is 1. The fraction of sp³-hybridized carbons (Fsp3) is 0.500. The second kappa shape index (κ2) is 7.42. The van der Waals surface area contributed by atoms with Crippen LogP contribution in [-0.2, 0) is 14.8 Å². The molecule has 1 rings (SSSR count). The molecule has 0 spiro atoms. The number of hydrogen-bond donors (Lipinski definition) is 2. The average Bonchev–Trinajstić information content (AvgIpc) is 2.42. The number of hydrogen-bond acceptors (Lipinski definition) is 5. The van der Waals surface area contributed by atoms with E-state index in [-0.39, 0.29) is 16.1 Å². The van der Waals surface area contributed by atoms with E-state index < -0.39 is 16.0 Å². The Labute approximate surface area is 125 Å². The Bertz CT molecular complexity index is 597. The van der Waals surface area contributed by atoms with Gasteiger partial charge < -0.3 is 10.5 Å². The number of sulfonamides is 1. The standard InChI is InChI=1S/C14H22N2O4S/c1-10(2)5-4-8-16-21(18,19)13-9-11(15)6-7-12(13)14(17)20-3/h6-7,9-10,16H,4-5,8,15H2,1-3H3. The van der Waals surface area contributed by atoms with Crippen molar-refractivity contribution >= 4 is 21.7 Å².